The van der Waals surface area contributed by atoms with Gasteiger partial charge in [-0.3, -0.25) is 14.3 Å². The number of nitrogens with zero attached hydrogens (tertiary/aromatic N) is 4. The first-order chi connectivity index (χ1) is 17.7. The highest BCUT2D eigenvalue weighted by molar-refractivity contribution is 6.31. The zero-order valence-corrected chi connectivity index (χ0v) is 19.3. The summed E-state index contributed by atoms with van der Waals surface area (Å²) in [6, 6.07) is 11.2. The third kappa shape index (κ3) is 5.21. The Labute approximate surface area is 211 Å². The van der Waals surface area contributed by atoms with Crippen LogP contribution in [0.1, 0.15) is 15.9 Å². The lowest BCUT2D eigenvalue weighted by Crippen LogP contribution is -2.14. The molecular weight excluding hydrogens is 514 g/mol. The minimum absolute atomic E-state index is 0.0210. The number of carbonyl (C=O) groups excluding carboxylic acids is 1. The van der Waals surface area contributed by atoms with E-state index in [4.69, 9.17) is 16.3 Å². The molecule has 12 heteroatoms. The number of aromatic nitrogens is 4. The molecular formula is C25H14ClF4N5O2. The van der Waals surface area contributed by atoms with E-state index in [0.717, 1.165) is 18.2 Å². The molecule has 0 bridgehead atoms. The lowest BCUT2D eigenvalue weighted by Gasteiger charge is -2.12. The van der Waals surface area contributed by atoms with Crippen molar-refractivity contribution >= 4 is 34.2 Å². The Balaban J connectivity index is 1.33. The van der Waals surface area contributed by atoms with Crippen LogP contribution in [0.3, 0.4) is 0 Å². The maximum Gasteiger partial charge on any atom is 0.417 e. The first-order valence-corrected chi connectivity index (χ1v) is 11.0. The van der Waals surface area contributed by atoms with Crippen molar-refractivity contribution in [2.75, 3.05) is 5.32 Å². The number of rotatable bonds is 5. The fourth-order valence-electron chi connectivity index (χ4n) is 3.44. The van der Waals surface area contributed by atoms with Crippen molar-refractivity contribution in [1.29, 1.82) is 0 Å². The highest BCUT2D eigenvalue weighted by Gasteiger charge is 2.33. The van der Waals surface area contributed by atoms with E-state index in [-0.39, 0.29) is 17.0 Å². The van der Waals surface area contributed by atoms with E-state index in [1.54, 1.807) is 47.7 Å². The van der Waals surface area contributed by atoms with Gasteiger partial charge in [0.05, 0.1) is 27.8 Å². The molecule has 0 saturated carbocycles. The summed E-state index contributed by atoms with van der Waals surface area (Å²) >= 11 is 5.59. The van der Waals surface area contributed by atoms with E-state index >= 15 is 0 Å². The summed E-state index contributed by atoms with van der Waals surface area (Å²) in [4.78, 5) is 25.3. The van der Waals surface area contributed by atoms with Gasteiger partial charge in [0.1, 0.15) is 12.1 Å². The highest BCUT2D eigenvalue weighted by Crippen LogP contribution is 2.35. The Hall–Kier alpha value is -4.51. The monoisotopic (exact) mass is 527 g/mol. The number of imidazole rings is 1. The van der Waals surface area contributed by atoms with Gasteiger partial charge in [-0.15, -0.1) is 0 Å². The first-order valence-electron chi connectivity index (χ1n) is 10.6. The molecule has 0 saturated heterocycles. The number of hydrogen-bond acceptors (Lipinski definition) is 5. The molecule has 1 N–H and O–H groups in total. The van der Waals surface area contributed by atoms with Crippen LogP contribution in [0.25, 0.3) is 16.9 Å². The summed E-state index contributed by atoms with van der Waals surface area (Å²) in [5.74, 6) is -0.972. The van der Waals surface area contributed by atoms with Crippen molar-refractivity contribution < 1.29 is 27.1 Å². The standard InChI is InChI=1S/C25H14ClF4N5O2/c26-18-4-1-14(9-17(18)25(28,29)30)24(36)33-15-2-6-22(19(27)10-15)37-16-3-5-20-21(11-16)34-23(12-32-20)35-8-7-31-13-35/h1-13H,(H,33,36). The molecule has 0 fully saturated rings. The molecule has 2 heterocycles. The predicted octanol–water partition coefficient (Wildman–Crippen LogP) is 6.67. The number of fused-ring (bicyclic) bond motifs is 1. The Kier molecular flexibility index (Phi) is 6.22. The van der Waals surface area contributed by atoms with Gasteiger partial charge in [0, 0.05) is 35.8 Å². The molecule has 0 unspecified atom stereocenters. The van der Waals surface area contributed by atoms with E-state index in [0.29, 0.717) is 28.7 Å². The predicted molar refractivity (Wildman–Crippen MR) is 128 cm³/mol. The van der Waals surface area contributed by atoms with Gasteiger partial charge in [0.25, 0.3) is 5.91 Å². The molecule has 0 aliphatic carbocycles. The normalized spacial score (nSPS) is 11.5. The number of halogens is 5. The van der Waals surface area contributed by atoms with Crippen LogP contribution < -0.4 is 10.1 Å². The zero-order chi connectivity index (χ0) is 26.2. The van der Waals surface area contributed by atoms with Gasteiger partial charge in [0.2, 0.25) is 0 Å². The van der Waals surface area contributed by atoms with Crippen molar-refractivity contribution in [3.63, 3.8) is 0 Å². The molecule has 186 valence electrons. The minimum atomic E-state index is -4.73. The Morgan fingerprint density at radius 3 is 2.59 bits per heavy atom. The Bertz CT molecular complexity index is 1620. The van der Waals surface area contributed by atoms with Crippen LogP contribution >= 0.6 is 11.6 Å². The number of carbonyl (C=O) groups is 1. The van der Waals surface area contributed by atoms with Crippen LogP contribution in [0.2, 0.25) is 5.02 Å². The fraction of sp³-hybridized carbons (Fsp3) is 0.0400. The van der Waals surface area contributed by atoms with Gasteiger partial charge in [-0.2, -0.15) is 13.2 Å². The summed E-state index contributed by atoms with van der Waals surface area (Å²) < 4.78 is 61.3. The maximum absolute atomic E-state index is 14.7. The molecule has 7 nitrogen and oxygen atoms in total. The number of alkyl halides is 3. The smallest absolute Gasteiger partial charge is 0.417 e. The topological polar surface area (TPSA) is 81.9 Å². The lowest BCUT2D eigenvalue weighted by molar-refractivity contribution is -0.137. The van der Waals surface area contributed by atoms with E-state index < -0.39 is 28.5 Å². The number of hydrogen-bond donors (Lipinski definition) is 1. The summed E-state index contributed by atoms with van der Waals surface area (Å²) in [5, 5.41) is 1.83. The Morgan fingerprint density at radius 2 is 1.86 bits per heavy atom. The molecule has 5 rings (SSSR count). The Morgan fingerprint density at radius 1 is 1.03 bits per heavy atom. The van der Waals surface area contributed by atoms with Crippen molar-refractivity contribution in [3.05, 3.63) is 101 Å². The van der Waals surface area contributed by atoms with E-state index in [9.17, 15) is 22.4 Å². The van der Waals surface area contributed by atoms with Crippen LogP contribution in [0.4, 0.5) is 23.2 Å². The van der Waals surface area contributed by atoms with Gasteiger partial charge in [-0.05, 0) is 42.5 Å². The molecule has 0 aliphatic rings. The average molecular weight is 528 g/mol. The fourth-order valence-corrected chi connectivity index (χ4v) is 3.66. The molecule has 5 aromatic rings. The average Bonchev–Trinajstić information content (AvgIpc) is 3.40. The number of benzene rings is 3. The van der Waals surface area contributed by atoms with Gasteiger partial charge in [0.15, 0.2) is 17.4 Å². The summed E-state index contributed by atoms with van der Waals surface area (Å²) in [7, 11) is 0. The molecule has 37 heavy (non-hydrogen) atoms. The van der Waals surface area contributed by atoms with Crippen molar-refractivity contribution in [3.8, 4) is 17.3 Å². The molecule has 2 aromatic heterocycles. The number of nitrogens with one attached hydrogen (secondary N) is 1. The molecule has 0 radical (unpaired) electrons. The summed E-state index contributed by atoms with van der Waals surface area (Å²) in [6.45, 7) is 0. The second-order valence-electron chi connectivity index (χ2n) is 7.74. The summed E-state index contributed by atoms with van der Waals surface area (Å²) in [6.07, 6.45) is 1.76. The largest absolute Gasteiger partial charge is 0.454 e. The van der Waals surface area contributed by atoms with Crippen LogP contribution in [0.15, 0.2) is 79.5 Å². The maximum atomic E-state index is 14.7. The third-order valence-electron chi connectivity index (χ3n) is 5.22. The second kappa shape index (κ2) is 9.51. The van der Waals surface area contributed by atoms with E-state index in [1.165, 1.54) is 12.1 Å². The van der Waals surface area contributed by atoms with Gasteiger partial charge < -0.3 is 10.1 Å². The molecule has 3 aromatic carbocycles. The van der Waals surface area contributed by atoms with Crippen LogP contribution in [0, 0.1) is 5.82 Å². The number of anilines is 1. The minimum Gasteiger partial charge on any atom is -0.454 e. The second-order valence-corrected chi connectivity index (χ2v) is 8.15. The lowest BCUT2D eigenvalue weighted by atomic mass is 10.1. The van der Waals surface area contributed by atoms with Crippen LogP contribution in [0.5, 0.6) is 11.5 Å². The molecule has 0 atom stereocenters. The number of ether oxygens (including phenoxy) is 1. The van der Waals surface area contributed by atoms with E-state index in [2.05, 4.69) is 20.3 Å². The summed E-state index contributed by atoms with van der Waals surface area (Å²) in [5.41, 5.74) is -0.300. The van der Waals surface area contributed by atoms with Gasteiger partial charge >= 0.3 is 6.18 Å². The molecule has 0 aliphatic heterocycles. The third-order valence-corrected chi connectivity index (χ3v) is 5.55. The quantitative estimate of drug-likeness (QED) is 0.258. The van der Waals surface area contributed by atoms with Crippen molar-refractivity contribution in [2.45, 2.75) is 6.18 Å². The van der Waals surface area contributed by atoms with Crippen LogP contribution in [-0.2, 0) is 6.18 Å². The van der Waals surface area contributed by atoms with Crippen molar-refractivity contribution in [1.82, 2.24) is 19.5 Å². The number of amides is 1. The van der Waals surface area contributed by atoms with Crippen molar-refractivity contribution in [2.24, 2.45) is 0 Å². The van der Waals surface area contributed by atoms with Gasteiger partial charge in [-0.1, -0.05) is 11.6 Å². The van der Waals surface area contributed by atoms with Gasteiger partial charge in [-0.25, -0.2) is 14.4 Å². The zero-order valence-electron chi connectivity index (χ0n) is 18.5. The highest BCUT2D eigenvalue weighted by atomic mass is 35.5. The van der Waals surface area contributed by atoms with Crippen LogP contribution in [-0.4, -0.2) is 25.4 Å². The molecule has 0 spiro atoms. The van der Waals surface area contributed by atoms with E-state index in [1.807, 2.05) is 0 Å². The SMILES string of the molecule is O=C(Nc1ccc(Oc2ccc3ncc(-n4ccnc4)nc3c2)c(F)c1)c1ccc(Cl)c(C(F)(F)F)c1. The first kappa shape index (κ1) is 24.2. The molecule has 1 amide bonds.